The lowest BCUT2D eigenvalue weighted by molar-refractivity contribution is -0.274. The number of fused-ring (bicyclic) bond motifs is 2. The molecule has 2 aliphatic heterocycles. The van der Waals surface area contributed by atoms with Gasteiger partial charge in [-0.2, -0.15) is 0 Å². The highest BCUT2D eigenvalue weighted by molar-refractivity contribution is 6.42. The van der Waals surface area contributed by atoms with E-state index in [2.05, 4.69) is 10.1 Å². The van der Waals surface area contributed by atoms with Gasteiger partial charge in [0.1, 0.15) is 22.7 Å². The van der Waals surface area contributed by atoms with Crippen LogP contribution in [0.4, 0.5) is 28.0 Å². The van der Waals surface area contributed by atoms with Crippen molar-refractivity contribution in [2.75, 3.05) is 25.0 Å². The van der Waals surface area contributed by atoms with Crippen LogP contribution >= 0.6 is 23.2 Å². The molecule has 234 valence electrons. The topological polar surface area (TPSA) is 71.1 Å². The van der Waals surface area contributed by atoms with Gasteiger partial charge in [-0.25, -0.2) is 9.18 Å². The van der Waals surface area contributed by atoms with Crippen molar-refractivity contribution in [3.8, 4) is 5.75 Å². The Kier molecular flexibility index (Phi) is 8.76. The van der Waals surface area contributed by atoms with Crippen LogP contribution in [0.1, 0.15) is 42.9 Å². The molecule has 2 amide bonds. The third kappa shape index (κ3) is 6.05. The predicted molar refractivity (Wildman–Crippen MR) is 157 cm³/mol. The minimum absolute atomic E-state index is 0.0303. The zero-order valence-corrected chi connectivity index (χ0v) is 25.3. The number of piperidine rings is 1. The molecule has 1 saturated heterocycles. The summed E-state index contributed by atoms with van der Waals surface area (Å²) in [6.07, 6.45) is -4.46. The van der Waals surface area contributed by atoms with Gasteiger partial charge in [0, 0.05) is 45.1 Å². The average Bonchev–Trinajstić information content (AvgIpc) is 2.98. The van der Waals surface area contributed by atoms with E-state index >= 15 is 0 Å². The van der Waals surface area contributed by atoms with Crippen molar-refractivity contribution in [1.29, 1.82) is 0 Å². The number of anilines is 1. The zero-order valence-electron chi connectivity index (χ0n) is 23.8. The second kappa shape index (κ2) is 12.1. The summed E-state index contributed by atoms with van der Waals surface area (Å²) in [6.45, 7) is 2.49. The Morgan fingerprint density at radius 3 is 2.32 bits per heavy atom. The van der Waals surface area contributed by atoms with E-state index in [1.807, 2.05) is 11.8 Å². The van der Waals surface area contributed by atoms with E-state index < -0.39 is 29.4 Å². The van der Waals surface area contributed by atoms with Crippen LogP contribution in [0.2, 0.25) is 10.0 Å². The van der Waals surface area contributed by atoms with E-state index in [1.165, 1.54) is 41.3 Å². The van der Waals surface area contributed by atoms with Crippen LogP contribution in [0.25, 0.3) is 0 Å². The maximum absolute atomic E-state index is 14.4. The van der Waals surface area contributed by atoms with Gasteiger partial charge in [0.05, 0.1) is 15.7 Å². The first-order valence-electron chi connectivity index (χ1n) is 13.9. The minimum atomic E-state index is -4.81. The fourth-order valence-corrected chi connectivity index (χ4v) is 6.41. The Morgan fingerprint density at radius 2 is 1.70 bits per heavy atom. The Hall–Kier alpha value is -3.54. The molecule has 1 fully saturated rings. The minimum Gasteiger partial charge on any atom is -0.437 e. The smallest absolute Gasteiger partial charge is 0.437 e. The Balaban J connectivity index is 1.43. The number of nitrogens with one attached hydrogen (secondary N) is 1. The number of carbonyl (C=O) groups excluding carboxylic acids is 2. The summed E-state index contributed by atoms with van der Waals surface area (Å²) in [5.74, 6) is -1.19. The summed E-state index contributed by atoms with van der Waals surface area (Å²) in [5.41, 5.74) is -0.0454. The monoisotopic (exact) mass is 653 g/mol. The first-order valence-corrected chi connectivity index (χ1v) is 14.6. The number of likely N-dealkylation sites (tertiary alicyclic amines) is 1. The molecule has 2 heterocycles. The lowest BCUT2D eigenvalue weighted by atomic mass is 9.77. The number of amides is 2. The molecule has 0 radical (unpaired) electrons. The standard InChI is InChI=1S/C31H29Cl2F4N3O4/c1-3-30(20-6-10-24(32)25(33)16-20,27(41)38-18-19-4-8-22(9-5-19)43-31(35,36)37)40-14-12-29(13-15-40)23-17-21(34)7-11-26(23)39(2)28(42)44-29/h4-11,16-17H,3,12-15,18H2,1-2H3,(H,38,41). The Labute approximate surface area is 261 Å². The van der Waals surface area contributed by atoms with Crippen LogP contribution in [0.3, 0.4) is 0 Å². The van der Waals surface area contributed by atoms with E-state index in [-0.39, 0.29) is 23.2 Å². The predicted octanol–water partition coefficient (Wildman–Crippen LogP) is 7.53. The van der Waals surface area contributed by atoms with E-state index in [0.717, 1.165) is 0 Å². The number of nitrogens with zero attached hydrogens (tertiary/aromatic N) is 2. The van der Waals surface area contributed by atoms with Crippen LogP contribution in [0.5, 0.6) is 5.75 Å². The van der Waals surface area contributed by atoms with Crippen LogP contribution in [0, 0.1) is 5.82 Å². The molecule has 2 aliphatic rings. The van der Waals surface area contributed by atoms with E-state index in [1.54, 1.807) is 31.3 Å². The van der Waals surface area contributed by atoms with Crippen molar-refractivity contribution in [3.63, 3.8) is 0 Å². The van der Waals surface area contributed by atoms with Crippen LogP contribution in [0.15, 0.2) is 60.7 Å². The van der Waals surface area contributed by atoms with Crippen LogP contribution in [-0.2, 0) is 27.2 Å². The number of halogens is 6. The summed E-state index contributed by atoms with van der Waals surface area (Å²) in [4.78, 5) is 30.3. The molecule has 44 heavy (non-hydrogen) atoms. The lowest BCUT2D eigenvalue weighted by Gasteiger charge is -2.51. The van der Waals surface area contributed by atoms with Crippen molar-refractivity contribution in [2.24, 2.45) is 0 Å². The van der Waals surface area contributed by atoms with Crippen LogP contribution < -0.4 is 15.0 Å². The molecule has 1 atom stereocenters. The normalized spacial score (nSPS) is 17.9. The van der Waals surface area contributed by atoms with Gasteiger partial charge in [-0.1, -0.05) is 48.3 Å². The van der Waals surface area contributed by atoms with Crippen molar-refractivity contribution >= 4 is 40.9 Å². The summed E-state index contributed by atoms with van der Waals surface area (Å²) in [7, 11) is 1.56. The molecule has 7 nitrogen and oxygen atoms in total. The van der Waals surface area contributed by atoms with Gasteiger partial charge < -0.3 is 14.8 Å². The SMILES string of the molecule is CCC(C(=O)NCc1ccc(OC(F)(F)F)cc1)(c1ccc(Cl)c(Cl)c1)N1CCC2(CC1)OC(=O)N(C)c1ccc(F)cc12. The summed E-state index contributed by atoms with van der Waals surface area (Å²) >= 11 is 12.6. The molecule has 13 heteroatoms. The van der Waals surface area contributed by atoms with E-state index in [0.29, 0.717) is 59.8 Å². The molecule has 1 N–H and O–H groups in total. The highest BCUT2D eigenvalue weighted by Crippen LogP contribution is 2.48. The average molecular weight is 654 g/mol. The summed E-state index contributed by atoms with van der Waals surface area (Å²) in [6, 6.07) is 14.4. The van der Waals surface area contributed by atoms with Crippen molar-refractivity contribution in [3.05, 3.63) is 93.2 Å². The number of hydrogen-bond acceptors (Lipinski definition) is 5. The second-order valence-corrected chi connectivity index (χ2v) is 11.6. The number of hydrogen-bond donors (Lipinski definition) is 1. The van der Waals surface area contributed by atoms with Crippen LogP contribution in [-0.4, -0.2) is 43.4 Å². The molecule has 0 saturated carbocycles. The molecule has 5 rings (SSSR count). The largest absolute Gasteiger partial charge is 0.573 e. The number of benzene rings is 3. The summed E-state index contributed by atoms with van der Waals surface area (Å²) in [5, 5.41) is 3.51. The highest BCUT2D eigenvalue weighted by atomic mass is 35.5. The van der Waals surface area contributed by atoms with Gasteiger partial charge in [-0.15, -0.1) is 13.2 Å². The second-order valence-electron chi connectivity index (χ2n) is 10.8. The molecule has 0 aromatic heterocycles. The van der Waals surface area contributed by atoms with Crippen molar-refractivity contribution in [2.45, 2.75) is 50.2 Å². The third-order valence-corrected chi connectivity index (χ3v) is 9.11. The fourth-order valence-electron chi connectivity index (χ4n) is 6.11. The molecule has 3 aromatic rings. The molecular formula is C31H29Cl2F4N3O4. The van der Waals surface area contributed by atoms with Gasteiger partial charge in [0.15, 0.2) is 0 Å². The Morgan fingerprint density at radius 1 is 1.02 bits per heavy atom. The lowest BCUT2D eigenvalue weighted by Crippen LogP contribution is -2.60. The van der Waals surface area contributed by atoms with Gasteiger partial charge in [-0.3, -0.25) is 14.6 Å². The van der Waals surface area contributed by atoms with E-state index in [9.17, 15) is 27.2 Å². The first kappa shape index (κ1) is 31.9. The third-order valence-electron chi connectivity index (χ3n) is 8.37. The van der Waals surface area contributed by atoms with Gasteiger partial charge in [0.2, 0.25) is 5.91 Å². The van der Waals surface area contributed by atoms with E-state index in [4.69, 9.17) is 27.9 Å². The van der Waals surface area contributed by atoms with Gasteiger partial charge in [-0.05, 0) is 60.0 Å². The molecule has 1 unspecified atom stereocenters. The van der Waals surface area contributed by atoms with Crippen molar-refractivity contribution < 1.29 is 36.6 Å². The molecule has 3 aromatic carbocycles. The number of carbonyl (C=O) groups is 2. The molecule has 0 bridgehead atoms. The molecule has 0 aliphatic carbocycles. The molecule has 1 spiro atoms. The number of ether oxygens (including phenoxy) is 2. The van der Waals surface area contributed by atoms with Crippen molar-refractivity contribution in [1.82, 2.24) is 10.2 Å². The first-order chi connectivity index (χ1) is 20.8. The maximum Gasteiger partial charge on any atom is 0.573 e. The molecular weight excluding hydrogens is 625 g/mol. The maximum atomic E-state index is 14.4. The number of rotatable bonds is 7. The highest BCUT2D eigenvalue weighted by Gasteiger charge is 2.52. The zero-order chi connectivity index (χ0) is 31.9. The number of alkyl halides is 3. The quantitative estimate of drug-likeness (QED) is 0.267. The summed E-state index contributed by atoms with van der Waals surface area (Å²) < 4.78 is 61.9. The fraction of sp³-hybridized carbons (Fsp3) is 0.355. The van der Waals surface area contributed by atoms with Gasteiger partial charge in [0.25, 0.3) is 0 Å². The van der Waals surface area contributed by atoms with Gasteiger partial charge >= 0.3 is 12.5 Å². The Bertz CT molecular complexity index is 1560.